The maximum atomic E-state index is 13.0. The van der Waals surface area contributed by atoms with E-state index < -0.39 is 17.6 Å². The number of benzene rings is 1. The molecule has 0 aliphatic rings. The van der Waals surface area contributed by atoms with Crippen molar-refractivity contribution in [1.29, 1.82) is 0 Å². The van der Waals surface area contributed by atoms with Gasteiger partial charge in [0.05, 0.1) is 23.5 Å². The summed E-state index contributed by atoms with van der Waals surface area (Å²) >= 11 is 0. The number of halogens is 3. The van der Waals surface area contributed by atoms with E-state index >= 15 is 0 Å². The van der Waals surface area contributed by atoms with Crippen LogP contribution >= 0.6 is 0 Å². The highest BCUT2D eigenvalue weighted by molar-refractivity contribution is 6.04. The van der Waals surface area contributed by atoms with Crippen LogP contribution in [0.3, 0.4) is 0 Å². The molecule has 1 heterocycles. The fourth-order valence-corrected chi connectivity index (χ4v) is 2.07. The summed E-state index contributed by atoms with van der Waals surface area (Å²) in [7, 11) is 3.15. The minimum absolute atomic E-state index is 0.0806. The van der Waals surface area contributed by atoms with Crippen LogP contribution in [-0.4, -0.2) is 35.9 Å². The van der Waals surface area contributed by atoms with E-state index in [-0.39, 0.29) is 23.8 Å². The highest BCUT2D eigenvalue weighted by Crippen LogP contribution is 2.34. The first-order valence-electron chi connectivity index (χ1n) is 7.56. The molecule has 0 atom stereocenters. The van der Waals surface area contributed by atoms with Crippen molar-refractivity contribution in [1.82, 2.24) is 15.2 Å². The van der Waals surface area contributed by atoms with Crippen LogP contribution in [0.25, 0.3) is 0 Å². The second-order valence-corrected chi connectivity index (χ2v) is 5.59. The molecule has 0 spiro atoms. The summed E-state index contributed by atoms with van der Waals surface area (Å²) in [5.41, 5.74) is -0.729. The molecule has 138 valence electrons. The number of nitrogens with one attached hydrogen (secondary N) is 2. The average molecular weight is 366 g/mol. The highest BCUT2D eigenvalue weighted by Gasteiger charge is 2.33. The van der Waals surface area contributed by atoms with E-state index in [2.05, 4.69) is 15.6 Å². The average Bonchev–Trinajstić information content (AvgIpc) is 2.59. The number of urea groups is 1. The Labute approximate surface area is 148 Å². The Morgan fingerprint density at radius 1 is 1.15 bits per heavy atom. The molecule has 0 bridgehead atoms. The third kappa shape index (κ3) is 4.95. The van der Waals surface area contributed by atoms with Gasteiger partial charge in [-0.25, -0.2) is 4.79 Å². The third-order valence-corrected chi connectivity index (χ3v) is 3.39. The smallest absolute Gasteiger partial charge is 0.332 e. The largest absolute Gasteiger partial charge is 0.418 e. The lowest BCUT2D eigenvalue weighted by atomic mass is 10.1. The van der Waals surface area contributed by atoms with Gasteiger partial charge >= 0.3 is 12.2 Å². The number of rotatable bonds is 4. The van der Waals surface area contributed by atoms with Gasteiger partial charge in [0.1, 0.15) is 0 Å². The van der Waals surface area contributed by atoms with Gasteiger partial charge in [-0.1, -0.05) is 12.1 Å². The molecule has 0 saturated carbocycles. The first kappa shape index (κ1) is 19.2. The van der Waals surface area contributed by atoms with E-state index in [0.717, 1.165) is 6.07 Å². The van der Waals surface area contributed by atoms with Gasteiger partial charge < -0.3 is 15.5 Å². The topological polar surface area (TPSA) is 74.3 Å². The van der Waals surface area contributed by atoms with E-state index in [1.54, 1.807) is 14.1 Å². The van der Waals surface area contributed by atoms with Gasteiger partial charge in [0.2, 0.25) is 0 Å². The maximum absolute atomic E-state index is 13.0. The fraction of sp³-hybridized carbons (Fsp3) is 0.235. The molecule has 0 saturated heterocycles. The number of nitrogens with zero attached hydrogens (tertiary/aromatic N) is 2. The lowest BCUT2D eigenvalue weighted by molar-refractivity contribution is -0.136. The quantitative estimate of drug-likeness (QED) is 0.873. The predicted octanol–water partition coefficient (Wildman–Crippen LogP) is 3.12. The molecule has 0 unspecified atom stereocenters. The summed E-state index contributed by atoms with van der Waals surface area (Å²) in [4.78, 5) is 29.2. The standard InChI is InChI=1S/C17H17F3N4O2/c1-24(2)16(26)22-10-12-9-11(7-8-21-12)15(25)23-14-6-4-3-5-13(14)17(18,19)20/h3-9H,10H2,1-2H3,(H,22,26)(H,23,25). The van der Waals surface area contributed by atoms with E-state index in [0.29, 0.717) is 5.69 Å². The van der Waals surface area contributed by atoms with Gasteiger partial charge in [-0.05, 0) is 24.3 Å². The second kappa shape index (κ2) is 7.85. The van der Waals surface area contributed by atoms with Crippen LogP contribution in [0.15, 0.2) is 42.6 Å². The molecular weight excluding hydrogens is 349 g/mol. The summed E-state index contributed by atoms with van der Waals surface area (Å²) in [6, 6.07) is 7.17. The number of para-hydroxylation sites is 1. The number of hydrogen-bond acceptors (Lipinski definition) is 3. The zero-order chi connectivity index (χ0) is 19.3. The number of anilines is 1. The van der Waals surface area contributed by atoms with Crippen molar-refractivity contribution >= 4 is 17.6 Å². The number of carbonyl (C=O) groups excluding carboxylic acids is 2. The van der Waals surface area contributed by atoms with Gasteiger partial charge in [0.15, 0.2) is 0 Å². The summed E-state index contributed by atoms with van der Waals surface area (Å²) < 4.78 is 39.0. The number of hydrogen-bond donors (Lipinski definition) is 2. The molecule has 3 amide bonds. The molecule has 2 N–H and O–H groups in total. The Hall–Kier alpha value is -3.10. The zero-order valence-electron chi connectivity index (χ0n) is 14.1. The predicted molar refractivity (Wildman–Crippen MR) is 89.6 cm³/mol. The Bertz CT molecular complexity index is 807. The van der Waals surface area contributed by atoms with E-state index in [9.17, 15) is 22.8 Å². The molecule has 2 rings (SSSR count). The molecule has 1 aromatic heterocycles. The minimum atomic E-state index is -4.58. The van der Waals surface area contributed by atoms with Crippen LogP contribution in [0.5, 0.6) is 0 Å². The van der Waals surface area contributed by atoms with Crippen LogP contribution < -0.4 is 10.6 Å². The van der Waals surface area contributed by atoms with Gasteiger partial charge in [-0.2, -0.15) is 13.2 Å². The van der Waals surface area contributed by atoms with E-state index in [4.69, 9.17) is 0 Å². The third-order valence-electron chi connectivity index (χ3n) is 3.39. The molecule has 9 heteroatoms. The second-order valence-electron chi connectivity index (χ2n) is 5.59. The molecule has 0 fully saturated rings. The minimum Gasteiger partial charge on any atom is -0.332 e. The number of alkyl halides is 3. The summed E-state index contributed by atoms with van der Waals surface area (Å²) in [6.45, 7) is 0.0806. The maximum Gasteiger partial charge on any atom is 0.418 e. The molecular formula is C17H17F3N4O2. The number of carbonyl (C=O) groups is 2. The lowest BCUT2D eigenvalue weighted by Crippen LogP contribution is -2.34. The van der Waals surface area contributed by atoms with Gasteiger partial charge in [-0.3, -0.25) is 9.78 Å². The highest BCUT2D eigenvalue weighted by atomic mass is 19.4. The van der Waals surface area contributed by atoms with E-state index in [1.807, 2.05) is 0 Å². The molecule has 26 heavy (non-hydrogen) atoms. The first-order valence-corrected chi connectivity index (χ1v) is 7.56. The SMILES string of the molecule is CN(C)C(=O)NCc1cc(C(=O)Nc2ccccc2C(F)(F)F)ccn1. The molecule has 0 radical (unpaired) electrons. The van der Waals surface area contributed by atoms with Crippen molar-refractivity contribution in [2.24, 2.45) is 0 Å². The summed E-state index contributed by atoms with van der Waals surface area (Å²) in [6.07, 6.45) is -3.23. The molecule has 6 nitrogen and oxygen atoms in total. The number of pyridine rings is 1. The number of amides is 3. The molecule has 0 aliphatic heterocycles. The Balaban J connectivity index is 2.14. The molecule has 0 aliphatic carbocycles. The lowest BCUT2D eigenvalue weighted by Gasteiger charge is -2.14. The molecule has 1 aromatic carbocycles. The van der Waals surface area contributed by atoms with Crippen molar-refractivity contribution in [2.45, 2.75) is 12.7 Å². The van der Waals surface area contributed by atoms with Crippen LogP contribution in [0.1, 0.15) is 21.6 Å². The van der Waals surface area contributed by atoms with Crippen molar-refractivity contribution in [3.05, 3.63) is 59.4 Å². The van der Waals surface area contributed by atoms with Crippen molar-refractivity contribution in [2.75, 3.05) is 19.4 Å². The van der Waals surface area contributed by atoms with Gasteiger partial charge in [0, 0.05) is 25.9 Å². The van der Waals surface area contributed by atoms with Crippen molar-refractivity contribution in [3.63, 3.8) is 0 Å². The molecule has 2 aromatic rings. The Kier molecular flexibility index (Phi) is 5.81. The zero-order valence-corrected chi connectivity index (χ0v) is 14.1. The monoisotopic (exact) mass is 366 g/mol. The Morgan fingerprint density at radius 3 is 2.50 bits per heavy atom. The van der Waals surface area contributed by atoms with Gasteiger partial charge in [0.25, 0.3) is 5.91 Å². The Morgan fingerprint density at radius 2 is 1.85 bits per heavy atom. The van der Waals surface area contributed by atoms with Crippen LogP contribution in [0, 0.1) is 0 Å². The van der Waals surface area contributed by atoms with Crippen molar-refractivity contribution in [3.8, 4) is 0 Å². The summed E-state index contributed by atoms with van der Waals surface area (Å²) in [5.74, 6) is -0.704. The van der Waals surface area contributed by atoms with Crippen LogP contribution in [0.2, 0.25) is 0 Å². The van der Waals surface area contributed by atoms with Crippen LogP contribution in [0.4, 0.5) is 23.7 Å². The van der Waals surface area contributed by atoms with Crippen molar-refractivity contribution < 1.29 is 22.8 Å². The summed E-state index contributed by atoms with van der Waals surface area (Å²) in [5, 5.41) is 4.85. The number of aromatic nitrogens is 1. The fourth-order valence-electron chi connectivity index (χ4n) is 2.07. The van der Waals surface area contributed by atoms with Crippen LogP contribution in [-0.2, 0) is 12.7 Å². The van der Waals surface area contributed by atoms with Gasteiger partial charge in [-0.15, -0.1) is 0 Å². The first-order chi connectivity index (χ1) is 12.2. The van der Waals surface area contributed by atoms with E-state index in [1.165, 1.54) is 41.4 Å². The normalized spacial score (nSPS) is 11.0.